The molecule has 0 aliphatic rings. The van der Waals surface area contributed by atoms with Crippen molar-refractivity contribution in [2.45, 2.75) is 93.4 Å². The molecule has 0 rings (SSSR count). The van der Waals surface area contributed by atoms with E-state index in [9.17, 15) is 4.79 Å². The second kappa shape index (κ2) is 10.1. The molecule has 0 amide bonds. The van der Waals surface area contributed by atoms with Gasteiger partial charge in [0.2, 0.25) is 0 Å². The SMILES string of the molecule is CCC[CH2][Sn]([CH2]CCC)([CH2]CCC)[C](=C=O)C(C)(C)C. The monoisotopic (exact) mass is 388 g/mol. The van der Waals surface area contributed by atoms with Gasteiger partial charge in [-0.25, -0.2) is 0 Å². The zero-order valence-electron chi connectivity index (χ0n) is 14.8. The second-order valence-electron chi connectivity index (χ2n) is 7.32. The fourth-order valence-electron chi connectivity index (χ4n) is 3.35. The Kier molecular flexibility index (Phi) is 10.2. The van der Waals surface area contributed by atoms with Crippen LogP contribution in [0.2, 0.25) is 13.3 Å². The summed E-state index contributed by atoms with van der Waals surface area (Å²) in [6.45, 7) is 13.5. The van der Waals surface area contributed by atoms with Crippen molar-refractivity contribution in [2.75, 3.05) is 0 Å². The van der Waals surface area contributed by atoms with Crippen LogP contribution in [-0.4, -0.2) is 24.3 Å². The molecule has 0 aromatic heterocycles. The summed E-state index contributed by atoms with van der Waals surface area (Å²) in [5.74, 6) is 2.47. The Bertz CT molecular complexity index is 286. The van der Waals surface area contributed by atoms with Crippen LogP contribution in [0.15, 0.2) is 3.59 Å². The third-order valence-corrected chi connectivity index (χ3v) is 21.1. The number of allylic oxidation sites excluding steroid dienone is 1. The van der Waals surface area contributed by atoms with Gasteiger partial charge in [-0.15, -0.1) is 0 Å². The molecule has 0 fully saturated rings. The average Bonchev–Trinajstić information content (AvgIpc) is 2.39. The Balaban J connectivity index is 5.48. The first-order chi connectivity index (χ1) is 9.37. The normalized spacial score (nSPS) is 12.3. The third kappa shape index (κ3) is 6.35. The molecule has 0 radical (unpaired) electrons. The summed E-state index contributed by atoms with van der Waals surface area (Å²) < 4.78 is 5.36. The predicted molar refractivity (Wildman–Crippen MR) is 93.6 cm³/mol. The molecule has 0 aliphatic heterocycles. The van der Waals surface area contributed by atoms with Crippen LogP contribution in [-0.2, 0) is 4.79 Å². The predicted octanol–water partition coefficient (Wildman–Crippen LogP) is 6.18. The molecule has 0 N–H and O–H groups in total. The van der Waals surface area contributed by atoms with Gasteiger partial charge in [0, 0.05) is 0 Å². The van der Waals surface area contributed by atoms with E-state index in [2.05, 4.69) is 47.5 Å². The molecule has 2 heteroatoms. The van der Waals surface area contributed by atoms with Crippen LogP contribution in [0.5, 0.6) is 0 Å². The van der Waals surface area contributed by atoms with Gasteiger partial charge in [0.1, 0.15) is 0 Å². The number of hydrogen-bond donors (Lipinski definition) is 0. The minimum atomic E-state index is -2.52. The van der Waals surface area contributed by atoms with E-state index in [1.165, 1.54) is 55.4 Å². The first-order valence-corrected chi connectivity index (χ1v) is 16.1. The standard InChI is InChI=1S/C6H9O.3C4H9.Sn/c1-6(2,3)4-5-7;3*1-3-4-2;/h1-3H3;3*1,3-4H2,2H3;. The molecule has 0 saturated heterocycles. The molecule has 0 aliphatic carbocycles. The fourth-order valence-corrected chi connectivity index (χ4v) is 21.6. The molecule has 0 spiro atoms. The summed E-state index contributed by atoms with van der Waals surface area (Å²) >= 11 is -2.52. The van der Waals surface area contributed by atoms with E-state index in [0.29, 0.717) is 0 Å². The van der Waals surface area contributed by atoms with Gasteiger partial charge in [-0.1, -0.05) is 0 Å². The Labute approximate surface area is 131 Å². The van der Waals surface area contributed by atoms with Gasteiger partial charge in [0.05, 0.1) is 0 Å². The van der Waals surface area contributed by atoms with Gasteiger partial charge < -0.3 is 0 Å². The zero-order valence-corrected chi connectivity index (χ0v) is 17.6. The van der Waals surface area contributed by atoms with E-state index in [-0.39, 0.29) is 5.41 Å². The van der Waals surface area contributed by atoms with Crippen molar-refractivity contribution in [3.8, 4) is 0 Å². The summed E-state index contributed by atoms with van der Waals surface area (Å²) in [6, 6.07) is 0. The van der Waals surface area contributed by atoms with Crippen LogP contribution in [0.4, 0.5) is 0 Å². The van der Waals surface area contributed by atoms with E-state index in [1.807, 2.05) is 0 Å². The van der Waals surface area contributed by atoms with Crippen LogP contribution in [0.1, 0.15) is 80.1 Å². The van der Waals surface area contributed by atoms with Gasteiger partial charge in [0.25, 0.3) is 0 Å². The number of carbonyl (C=O) groups excluding carboxylic acids is 1. The molecule has 0 bridgehead atoms. The topological polar surface area (TPSA) is 17.1 Å². The summed E-state index contributed by atoms with van der Waals surface area (Å²) in [5.41, 5.74) is 0.0348. The maximum atomic E-state index is 11.8. The van der Waals surface area contributed by atoms with Gasteiger partial charge in [-0.05, 0) is 0 Å². The van der Waals surface area contributed by atoms with Crippen molar-refractivity contribution < 1.29 is 4.79 Å². The van der Waals surface area contributed by atoms with E-state index in [0.717, 1.165) is 0 Å². The fraction of sp³-hybridized carbons (Fsp3) is 0.889. The van der Waals surface area contributed by atoms with Crippen LogP contribution in [0.3, 0.4) is 0 Å². The van der Waals surface area contributed by atoms with Crippen molar-refractivity contribution in [3.05, 3.63) is 3.59 Å². The molecule has 0 heterocycles. The maximum absolute atomic E-state index is 11.8. The summed E-state index contributed by atoms with van der Waals surface area (Å²) in [4.78, 5) is 11.8. The van der Waals surface area contributed by atoms with Crippen molar-refractivity contribution >= 4 is 24.3 Å². The molecular formula is C18H36OSn. The molecule has 118 valence electrons. The molecule has 0 saturated carbocycles. The minimum absolute atomic E-state index is 0.0348. The molecular weight excluding hydrogens is 351 g/mol. The zero-order chi connectivity index (χ0) is 15.6. The van der Waals surface area contributed by atoms with Gasteiger partial charge in [-0.3, -0.25) is 0 Å². The van der Waals surface area contributed by atoms with Crippen molar-refractivity contribution in [1.29, 1.82) is 0 Å². The molecule has 0 aromatic rings. The second-order valence-corrected chi connectivity index (χ2v) is 20.3. The Hall–Kier alpha value is 0.249. The molecule has 20 heavy (non-hydrogen) atoms. The Morgan fingerprint density at radius 3 is 1.40 bits per heavy atom. The van der Waals surface area contributed by atoms with Crippen LogP contribution in [0, 0.1) is 5.41 Å². The van der Waals surface area contributed by atoms with Gasteiger partial charge in [0.15, 0.2) is 0 Å². The first kappa shape index (κ1) is 20.2. The van der Waals surface area contributed by atoms with Crippen molar-refractivity contribution in [3.63, 3.8) is 0 Å². The number of rotatable bonds is 10. The molecule has 1 nitrogen and oxygen atoms in total. The quantitative estimate of drug-likeness (QED) is 0.323. The van der Waals surface area contributed by atoms with Crippen molar-refractivity contribution in [1.82, 2.24) is 0 Å². The Morgan fingerprint density at radius 2 is 1.20 bits per heavy atom. The number of unbranched alkanes of at least 4 members (excludes halogenated alkanes) is 3. The van der Waals surface area contributed by atoms with Crippen molar-refractivity contribution in [2.24, 2.45) is 5.41 Å². The van der Waals surface area contributed by atoms with Crippen LogP contribution < -0.4 is 0 Å². The third-order valence-electron chi connectivity index (χ3n) is 4.41. The molecule has 0 atom stereocenters. The summed E-state index contributed by atoms with van der Waals surface area (Å²) in [6.07, 6.45) is 7.70. The molecule has 0 aromatic carbocycles. The first-order valence-electron chi connectivity index (χ1n) is 8.64. The Morgan fingerprint density at radius 1 is 0.850 bits per heavy atom. The summed E-state index contributed by atoms with van der Waals surface area (Å²) in [5, 5.41) is 0. The average molecular weight is 387 g/mol. The number of hydrogen-bond acceptors (Lipinski definition) is 1. The van der Waals surface area contributed by atoms with E-state index in [1.54, 1.807) is 0 Å². The molecule has 0 unspecified atom stereocenters. The van der Waals surface area contributed by atoms with Crippen LogP contribution >= 0.6 is 0 Å². The van der Waals surface area contributed by atoms with Crippen LogP contribution in [0.25, 0.3) is 0 Å². The van der Waals surface area contributed by atoms with E-state index in [4.69, 9.17) is 0 Å². The summed E-state index contributed by atoms with van der Waals surface area (Å²) in [7, 11) is 0. The van der Waals surface area contributed by atoms with E-state index >= 15 is 0 Å². The van der Waals surface area contributed by atoms with E-state index < -0.39 is 18.4 Å². The van der Waals surface area contributed by atoms with Gasteiger partial charge in [-0.2, -0.15) is 0 Å². The van der Waals surface area contributed by atoms with Gasteiger partial charge >= 0.3 is 131 Å².